The SMILES string of the molecule is C=C(C)C1CCC2(C(C)O)CCC3(C)C(CCC4C5(C)CCC(O)C(C)(C)C5CCC43C)C12. The van der Waals surface area contributed by atoms with Crippen LogP contribution in [0.2, 0.25) is 0 Å². The van der Waals surface area contributed by atoms with Crippen LogP contribution in [0.4, 0.5) is 0 Å². The van der Waals surface area contributed by atoms with Crippen molar-refractivity contribution in [2.45, 2.75) is 125 Å². The first-order chi connectivity index (χ1) is 15.3. The van der Waals surface area contributed by atoms with E-state index in [0.29, 0.717) is 39.9 Å². The van der Waals surface area contributed by atoms with Gasteiger partial charge in [0.2, 0.25) is 0 Å². The fourth-order valence-electron chi connectivity index (χ4n) is 11.9. The van der Waals surface area contributed by atoms with Gasteiger partial charge in [0.05, 0.1) is 12.2 Å². The summed E-state index contributed by atoms with van der Waals surface area (Å²) in [5, 5.41) is 22.1. The van der Waals surface area contributed by atoms with Crippen LogP contribution in [-0.2, 0) is 0 Å². The summed E-state index contributed by atoms with van der Waals surface area (Å²) in [6.45, 7) is 21.5. The summed E-state index contributed by atoms with van der Waals surface area (Å²) in [6, 6.07) is 0. The van der Waals surface area contributed by atoms with Gasteiger partial charge in [-0.2, -0.15) is 0 Å². The third-order valence-electron chi connectivity index (χ3n) is 13.9. The molecule has 2 N–H and O–H groups in total. The summed E-state index contributed by atoms with van der Waals surface area (Å²) < 4.78 is 0. The molecule has 5 rings (SSSR count). The maximum atomic E-state index is 11.1. The molecule has 11 atom stereocenters. The van der Waals surface area contributed by atoms with Gasteiger partial charge in [0, 0.05) is 0 Å². The molecule has 2 nitrogen and oxygen atoms in total. The van der Waals surface area contributed by atoms with Crippen LogP contribution in [-0.4, -0.2) is 22.4 Å². The van der Waals surface area contributed by atoms with Crippen molar-refractivity contribution in [1.82, 2.24) is 0 Å². The number of rotatable bonds is 2. The molecule has 0 aliphatic heterocycles. The Morgan fingerprint density at radius 3 is 2.15 bits per heavy atom. The van der Waals surface area contributed by atoms with Crippen LogP contribution >= 0.6 is 0 Å². The molecule has 5 fully saturated rings. The minimum atomic E-state index is -0.212. The molecule has 0 aromatic heterocycles. The lowest BCUT2D eigenvalue weighted by atomic mass is 9.32. The molecule has 11 unspecified atom stereocenters. The van der Waals surface area contributed by atoms with Crippen molar-refractivity contribution in [3.63, 3.8) is 0 Å². The topological polar surface area (TPSA) is 40.5 Å². The summed E-state index contributed by atoms with van der Waals surface area (Å²) in [5.41, 5.74) is 2.52. The quantitative estimate of drug-likeness (QED) is 0.425. The predicted molar refractivity (Wildman–Crippen MR) is 137 cm³/mol. The number of fused-ring (bicyclic) bond motifs is 7. The van der Waals surface area contributed by atoms with Crippen molar-refractivity contribution in [1.29, 1.82) is 0 Å². The molecule has 0 aromatic carbocycles. The molecule has 0 radical (unpaired) electrons. The van der Waals surface area contributed by atoms with E-state index < -0.39 is 0 Å². The second-order valence-corrected chi connectivity index (χ2v) is 15.0. The summed E-state index contributed by atoms with van der Waals surface area (Å²) >= 11 is 0. The predicted octanol–water partition coefficient (Wildman–Crippen LogP) is 7.39. The first-order valence-corrected chi connectivity index (χ1v) is 14.3. The second-order valence-electron chi connectivity index (χ2n) is 15.0. The van der Waals surface area contributed by atoms with Crippen molar-refractivity contribution in [3.8, 4) is 0 Å². The normalized spacial score (nSPS) is 56.2. The molecule has 0 heterocycles. The van der Waals surface area contributed by atoms with Gasteiger partial charge in [-0.05, 0) is 135 Å². The summed E-state index contributed by atoms with van der Waals surface area (Å²) in [4.78, 5) is 0. The van der Waals surface area contributed by atoms with Gasteiger partial charge in [-0.25, -0.2) is 0 Å². The van der Waals surface area contributed by atoms with Crippen LogP contribution in [0.15, 0.2) is 12.2 Å². The van der Waals surface area contributed by atoms with E-state index in [4.69, 9.17) is 0 Å². The highest BCUT2D eigenvalue weighted by Gasteiger charge is 2.71. The van der Waals surface area contributed by atoms with Gasteiger partial charge >= 0.3 is 0 Å². The lowest BCUT2D eigenvalue weighted by molar-refractivity contribution is -0.252. The molecular formula is C31H52O2. The molecular weight excluding hydrogens is 404 g/mol. The van der Waals surface area contributed by atoms with Crippen LogP contribution in [0.25, 0.3) is 0 Å². The van der Waals surface area contributed by atoms with Gasteiger partial charge < -0.3 is 10.2 Å². The van der Waals surface area contributed by atoms with Crippen molar-refractivity contribution in [2.24, 2.45) is 56.7 Å². The smallest absolute Gasteiger partial charge is 0.0594 e. The third kappa shape index (κ3) is 2.86. The molecule has 5 aliphatic rings. The van der Waals surface area contributed by atoms with Crippen molar-refractivity contribution in [3.05, 3.63) is 12.2 Å². The van der Waals surface area contributed by atoms with Crippen LogP contribution in [0.1, 0.15) is 113 Å². The Bertz CT molecular complexity index is 814. The Hall–Kier alpha value is -0.340. The number of aliphatic hydroxyl groups excluding tert-OH is 2. The zero-order valence-corrected chi connectivity index (χ0v) is 22.7. The first kappa shape index (κ1) is 24.4. The van der Waals surface area contributed by atoms with Gasteiger partial charge in [-0.3, -0.25) is 0 Å². The number of allylic oxidation sites excluding steroid dienone is 1. The van der Waals surface area contributed by atoms with Crippen LogP contribution in [0.5, 0.6) is 0 Å². The van der Waals surface area contributed by atoms with Gasteiger partial charge in [-0.15, -0.1) is 0 Å². The summed E-state index contributed by atoms with van der Waals surface area (Å²) in [7, 11) is 0. The Morgan fingerprint density at radius 1 is 0.818 bits per heavy atom. The Labute approximate surface area is 204 Å². The fraction of sp³-hybridized carbons (Fsp3) is 0.935. The van der Waals surface area contributed by atoms with E-state index in [2.05, 4.69) is 55.0 Å². The molecule has 2 heteroatoms. The minimum Gasteiger partial charge on any atom is -0.393 e. The molecule has 0 bridgehead atoms. The number of hydrogen-bond acceptors (Lipinski definition) is 2. The van der Waals surface area contributed by atoms with E-state index in [0.717, 1.165) is 12.3 Å². The van der Waals surface area contributed by atoms with E-state index in [1.54, 1.807) is 0 Å². The maximum absolute atomic E-state index is 11.1. The molecule has 5 aliphatic carbocycles. The summed E-state index contributed by atoms with van der Waals surface area (Å²) in [6.07, 6.45) is 11.9. The number of aliphatic hydroxyl groups is 2. The van der Waals surface area contributed by atoms with Gasteiger partial charge in [-0.1, -0.05) is 46.8 Å². The van der Waals surface area contributed by atoms with Crippen LogP contribution < -0.4 is 0 Å². The van der Waals surface area contributed by atoms with E-state index in [9.17, 15) is 10.2 Å². The van der Waals surface area contributed by atoms with E-state index in [1.165, 1.54) is 63.4 Å². The van der Waals surface area contributed by atoms with E-state index in [1.807, 2.05) is 0 Å². The average Bonchev–Trinajstić information content (AvgIpc) is 3.13. The zero-order valence-electron chi connectivity index (χ0n) is 22.7. The van der Waals surface area contributed by atoms with E-state index in [-0.39, 0.29) is 23.0 Å². The lowest BCUT2D eigenvalue weighted by Crippen LogP contribution is -2.67. The Balaban J connectivity index is 1.56. The monoisotopic (exact) mass is 456 g/mol. The molecule has 0 aromatic rings. The Morgan fingerprint density at radius 2 is 1.52 bits per heavy atom. The highest BCUT2D eigenvalue weighted by atomic mass is 16.3. The van der Waals surface area contributed by atoms with Crippen molar-refractivity contribution >= 4 is 0 Å². The molecule has 0 saturated heterocycles. The van der Waals surface area contributed by atoms with Gasteiger partial charge in [0.15, 0.2) is 0 Å². The number of hydrogen-bond donors (Lipinski definition) is 2. The zero-order chi connectivity index (χ0) is 24.2. The molecule has 0 spiro atoms. The third-order valence-corrected chi connectivity index (χ3v) is 13.9. The molecule has 5 saturated carbocycles. The molecule has 0 amide bonds. The van der Waals surface area contributed by atoms with Gasteiger partial charge in [0.1, 0.15) is 0 Å². The maximum Gasteiger partial charge on any atom is 0.0594 e. The van der Waals surface area contributed by atoms with E-state index >= 15 is 0 Å². The van der Waals surface area contributed by atoms with Gasteiger partial charge in [0.25, 0.3) is 0 Å². The highest BCUT2D eigenvalue weighted by Crippen LogP contribution is 2.77. The van der Waals surface area contributed by atoms with Crippen LogP contribution in [0, 0.1) is 56.7 Å². The second kappa shape index (κ2) is 7.34. The first-order valence-electron chi connectivity index (χ1n) is 14.3. The minimum absolute atomic E-state index is 0.0244. The molecule has 33 heavy (non-hydrogen) atoms. The highest BCUT2D eigenvalue weighted by molar-refractivity contribution is 5.22. The standard InChI is InChI=1S/C31H52O2/c1-19(2)21-11-16-31(20(3)32)18-17-29(7)22(26(21)31)9-10-24-28(6)14-13-25(33)27(4,5)23(28)12-15-30(24,29)8/h20-26,32-33H,1,9-18H2,2-8H3. The average molecular weight is 457 g/mol. The van der Waals surface area contributed by atoms with Crippen molar-refractivity contribution < 1.29 is 10.2 Å². The largest absolute Gasteiger partial charge is 0.393 e. The fourth-order valence-corrected chi connectivity index (χ4v) is 11.9. The lowest BCUT2D eigenvalue weighted by Gasteiger charge is -2.73. The van der Waals surface area contributed by atoms with Crippen molar-refractivity contribution in [2.75, 3.05) is 0 Å². The molecule has 188 valence electrons. The Kier molecular flexibility index (Phi) is 5.42. The summed E-state index contributed by atoms with van der Waals surface area (Å²) in [5.74, 6) is 3.26. The van der Waals surface area contributed by atoms with Crippen LogP contribution in [0.3, 0.4) is 0 Å².